The lowest BCUT2D eigenvalue weighted by Gasteiger charge is -2.06. The van der Waals surface area contributed by atoms with Gasteiger partial charge in [0.25, 0.3) is 0 Å². The molecule has 3 aromatic rings. The number of hydrogen-bond acceptors (Lipinski definition) is 7. The fourth-order valence-corrected chi connectivity index (χ4v) is 3.03. The van der Waals surface area contributed by atoms with Gasteiger partial charge >= 0.3 is 5.97 Å². The summed E-state index contributed by atoms with van der Waals surface area (Å²) in [5.41, 5.74) is 1.80. The molecule has 7 heteroatoms. The molecule has 0 atom stereocenters. The molecule has 0 aliphatic heterocycles. The Morgan fingerprint density at radius 1 is 1.22 bits per heavy atom. The van der Waals surface area contributed by atoms with Crippen LogP contribution >= 0.6 is 11.3 Å². The molecular weight excluding hydrogens is 366 g/mol. The molecule has 0 N–H and O–H groups in total. The van der Waals surface area contributed by atoms with Crippen molar-refractivity contribution in [1.82, 2.24) is 4.98 Å². The van der Waals surface area contributed by atoms with Gasteiger partial charge in [0.2, 0.25) is 5.89 Å². The number of ether oxygens (including phenoxy) is 1. The lowest BCUT2D eigenvalue weighted by atomic mass is 10.1. The lowest BCUT2D eigenvalue weighted by Crippen LogP contribution is -2.06. The van der Waals surface area contributed by atoms with Crippen LogP contribution in [0.2, 0.25) is 0 Å². The summed E-state index contributed by atoms with van der Waals surface area (Å²) in [4.78, 5) is 26.2. The van der Waals surface area contributed by atoms with E-state index >= 15 is 0 Å². The lowest BCUT2D eigenvalue weighted by molar-refractivity contribution is -0.269. The normalized spacial score (nSPS) is 10.7. The van der Waals surface area contributed by atoms with Crippen LogP contribution in [-0.4, -0.2) is 17.6 Å². The molecule has 0 spiro atoms. The Bertz CT molecular complexity index is 855. The highest BCUT2D eigenvalue weighted by Crippen LogP contribution is 2.26. The predicted octanol–water partition coefficient (Wildman–Crippen LogP) is 4.72. The molecule has 0 aliphatic rings. The topological polar surface area (TPSA) is 70.8 Å². The van der Waals surface area contributed by atoms with Crippen molar-refractivity contribution in [2.45, 2.75) is 33.3 Å². The minimum absolute atomic E-state index is 0.268. The van der Waals surface area contributed by atoms with E-state index in [1.165, 1.54) is 0 Å². The van der Waals surface area contributed by atoms with E-state index in [1.807, 2.05) is 48.7 Å². The van der Waals surface area contributed by atoms with E-state index < -0.39 is 0 Å². The van der Waals surface area contributed by atoms with Gasteiger partial charge in [0.05, 0.1) is 17.9 Å². The zero-order valence-electron chi connectivity index (χ0n) is 15.3. The van der Waals surface area contributed by atoms with Crippen LogP contribution in [0.1, 0.15) is 30.4 Å². The van der Waals surface area contributed by atoms with Crippen molar-refractivity contribution in [2.75, 3.05) is 6.61 Å². The van der Waals surface area contributed by atoms with Crippen LogP contribution in [0.5, 0.6) is 5.75 Å². The molecular formula is C20H21NO5S. The second kappa shape index (κ2) is 9.34. The molecule has 0 saturated heterocycles. The number of aryl methyl sites for hydroxylation is 2. The maximum absolute atomic E-state index is 11.4. The first-order valence-electron chi connectivity index (χ1n) is 8.70. The Hall–Kier alpha value is -2.64. The van der Waals surface area contributed by atoms with Gasteiger partial charge in [-0.1, -0.05) is 18.2 Å². The smallest absolute Gasteiger partial charge is 0.342 e. The van der Waals surface area contributed by atoms with Crippen molar-refractivity contribution in [3.63, 3.8) is 0 Å². The zero-order valence-corrected chi connectivity index (χ0v) is 16.1. The third-order valence-corrected chi connectivity index (χ3v) is 4.67. The molecule has 2 heterocycles. The average Bonchev–Trinajstić information content (AvgIpc) is 3.33. The second-order valence-electron chi connectivity index (χ2n) is 5.79. The van der Waals surface area contributed by atoms with E-state index in [9.17, 15) is 4.79 Å². The largest absolute Gasteiger partial charge is 0.487 e. The molecule has 27 heavy (non-hydrogen) atoms. The van der Waals surface area contributed by atoms with Gasteiger partial charge in [-0.15, -0.1) is 11.3 Å². The summed E-state index contributed by atoms with van der Waals surface area (Å²) in [6.07, 6.45) is 0.850. The predicted molar refractivity (Wildman–Crippen MR) is 101 cm³/mol. The molecule has 0 saturated carbocycles. The van der Waals surface area contributed by atoms with E-state index in [4.69, 9.17) is 9.15 Å². The first kappa shape index (κ1) is 19.1. The quantitative estimate of drug-likeness (QED) is 0.391. The SMILES string of the molecule is CCOOC(=O)CCc1ccc(OCc2nc(-c3cccs3)oc2C)cc1. The van der Waals surface area contributed by atoms with Gasteiger partial charge in [-0.3, -0.25) is 4.89 Å². The number of nitrogens with zero attached hydrogens (tertiary/aromatic N) is 1. The van der Waals surface area contributed by atoms with Gasteiger partial charge in [0.1, 0.15) is 23.8 Å². The van der Waals surface area contributed by atoms with Crippen molar-refractivity contribution >= 4 is 17.3 Å². The molecule has 3 rings (SSSR count). The zero-order chi connectivity index (χ0) is 19.1. The maximum Gasteiger partial charge on any atom is 0.342 e. The molecule has 0 bridgehead atoms. The number of benzene rings is 1. The summed E-state index contributed by atoms with van der Waals surface area (Å²) in [6, 6.07) is 11.5. The van der Waals surface area contributed by atoms with Gasteiger partial charge in [-0.25, -0.2) is 9.78 Å². The minimum atomic E-state index is -0.375. The Morgan fingerprint density at radius 3 is 2.74 bits per heavy atom. The second-order valence-corrected chi connectivity index (χ2v) is 6.74. The van der Waals surface area contributed by atoms with Crippen molar-refractivity contribution in [2.24, 2.45) is 0 Å². The number of carbonyl (C=O) groups excluding carboxylic acids is 1. The molecule has 6 nitrogen and oxygen atoms in total. The highest BCUT2D eigenvalue weighted by molar-refractivity contribution is 7.13. The van der Waals surface area contributed by atoms with E-state index in [0.717, 1.165) is 27.6 Å². The summed E-state index contributed by atoms with van der Waals surface area (Å²) in [7, 11) is 0. The molecule has 142 valence electrons. The molecule has 0 aliphatic carbocycles. The average molecular weight is 387 g/mol. The van der Waals surface area contributed by atoms with Crippen molar-refractivity contribution in [3.8, 4) is 16.5 Å². The Kier molecular flexibility index (Phi) is 6.62. The highest BCUT2D eigenvalue weighted by atomic mass is 32.1. The van der Waals surface area contributed by atoms with Crippen LogP contribution in [0, 0.1) is 6.92 Å². The van der Waals surface area contributed by atoms with E-state index in [2.05, 4.69) is 14.8 Å². The summed E-state index contributed by atoms with van der Waals surface area (Å²) in [5.74, 6) is 1.73. The Morgan fingerprint density at radius 2 is 2.04 bits per heavy atom. The van der Waals surface area contributed by atoms with E-state index in [-0.39, 0.29) is 12.4 Å². The molecule has 0 unspecified atom stereocenters. The van der Waals surface area contributed by atoms with Gasteiger partial charge in [-0.2, -0.15) is 4.89 Å². The minimum Gasteiger partial charge on any atom is -0.487 e. The molecule has 0 radical (unpaired) electrons. The summed E-state index contributed by atoms with van der Waals surface area (Å²) in [5, 5.41) is 1.99. The number of rotatable bonds is 9. The van der Waals surface area contributed by atoms with Crippen molar-refractivity contribution in [3.05, 3.63) is 58.8 Å². The van der Waals surface area contributed by atoms with Crippen LogP contribution in [0.15, 0.2) is 46.2 Å². The molecule has 0 fully saturated rings. The number of aromatic nitrogens is 1. The Labute approximate surface area is 161 Å². The number of hydrogen-bond donors (Lipinski definition) is 0. The summed E-state index contributed by atoms with van der Waals surface area (Å²) >= 11 is 1.59. The number of oxazole rings is 1. The van der Waals surface area contributed by atoms with Crippen molar-refractivity contribution in [1.29, 1.82) is 0 Å². The molecule has 0 amide bonds. The van der Waals surface area contributed by atoms with Gasteiger partial charge in [0.15, 0.2) is 0 Å². The van der Waals surface area contributed by atoms with Crippen LogP contribution in [0.4, 0.5) is 0 Å². The van der Waals surface area contributed by atoms with Crippen LogP contribution in [-0.2, 0) is 27.6 Å². The van der Waals surface area contributed by atoms with Crippen LogP contribution in [0.3, 0.4) is 0 Å². The van der Waals surface area contributed by atoms with Gasteiger partial charge < -0.3 is 9.15 Å². The fraction of sp³-hybridized carbons (Fsp3) is 0.300. The first-order chi connectivity index (χ1) is 13.2. The van der Waals surface area contributed by atoms with Crippen LogP contribution < -0.4 is 4.74 Å². The first-order valence-corrected chi connectivity index (χ1v) is 9.58. The fourth-order valence-electron chi connectivity index (χ4n) is 2.38. The number of carbonyl (C=O) groups is 1. The maximum atomic E-state index is 11.4. The van der Waals surface area contributed by atoms with E-state index in [1.54, 1.807) is 18.3 Å². The summed E-state index contributed by atoms with van der Waals surface area (Å²) < 4.78 is 11.5. The summed E-state index contributed by atoms with van der Waals surface area (Å²) in [6.45, 7) is 4.32. The number of thiophene rings is 1. The molecule has 1 aromatic carbocycles. The standard InChI is InChI=1S/C20H21NO5S/c1-3-24-26-19(22)11-8-15-6-9-16(10-7-15)23-13-17-14(2)25-20(21-17)18-5-4-12-27-18/h4-7,9-10,12H,3,8,11,13H2,1-2H3. The monoisotopic (exact) mass is 387 g/mol. The third-order valence-electron chi connectivity index (χ3n) is 3.81. The van der Waals surface area contributed by atoms with Crippen LogP contribution in [0.25, 0.3) is 10.8 Å². The molecule has 2 aromatic heterocycles. The van der Waals surface area contributed by atoms with Gasteiger partial charge in [0, 0.05) is 0 Å². The van der Waals surface area contributed by atoms with Crippen molar-refractivity contribution < 1.29 is 23.7 Å². The van der Waals surface area contributed by atoms with E-state index in [0.29, 0.717) is 25.5 Å². The third kappa shape index (κ3) is 5.42. The highest BCUT2D eigenvalue weighted by Gasteiger charge is 2.12. The van der Waals surface area contributed by atoms with Gasteiger partial charge in [-0.05, 0) is 49.4 Å². The Balaban J connectivity index is 1.51.